The predicted octanol–water partition coefficient (Wildman–Crippen LogP) is 2.21. The lowest BCUT2D eigenvalue weighted by molar-refractivity contribution is -0.384. The Kier molecular flexibility index (Phi) is 5.92. The number of carbonyl (C=O) groups excluding carboxylic acids is 1. The molecule has 126 valence electrons. The standard InChI is InChI=1S/C16H23N3O4/c20-15(18-12-16(21)9-4-1-5-10-16)8-11-17-13-6-2-3-7-14(13)19(22)23/h2-3,6-7,17,21H,1,4-5,8-12H2,(H,18,20). The third-order valence-electron chi connectivity index (χ3n) is 4.17. The van der Waals surface area contributed by atoms with Gasteiger partial charge in [-0.15, -0.1) is 0 Å². The van der Waals surface area contributed by atoms with Gasteiger partial charge in [-0.1, -0.05) is 31.4 Å². The molecule has 0 aliphatic heterocycles. The second kappa shape index (κ2) is 7.92. The third kappa shape index (κ3) is 5.21. The Morgan fingerprint density at radius 3 is 2.65 bits per heavy atom. The van der Waals surface area contributed by atoms with Crippen molar-refractivity contribution in [3.63, 3.8) is 0 Å². The van der Waals surface area contributed by atoms with Crippen molar-refractivity contribution in [3.05, 3.63) is 34.4 Å². The fourth-order valence-corrected chi connectivity index (χ4v) is 2.83. The van der Waals surface area contributed by atoms with E-state index in [0.29, 0.717) is 12.2 Å². The van der Waals surface area contributed by atoms with E-state index in [9.17, 15) is 20.0 Å². The number of nitrogens with zero attached hydrogens (tertiary/aromatic N) is 1. The highest BCUT2D eigenvalue weighted by atomic mass is 16.6. The Morgan fingerprint density at radius 1 is 1.26 bits per heavy atom. The van der Waals surface area contributed by atoms with E-state index in [1.165, 1.54) is 6.07 Å². The van der Waals surface area contributed by atoms with Crippen molar-refractivity contribution in [2.45, 2.75) is 44.1 Å². The molecule has 2 rings (SSSR count). The lowest BCUT2D eigenvalue weighted by Gasteiger charge is -2.32. The second-order valence-corrected chi connectivity index (χ2v) is 6.01. The van der Waals surface area contributed by atoms with E-state index in [4.69, 9.17) is 0 Å². The average molecular weight is 321 g/mol. The Morgan fingerprint density at radius 2 is 1.96 bits per heavy atom. The van der Waals surface area contributed by atoms with Gasteiger partial charge in [-0.05, 0) is 18.9 Å². The van der Waals surface area contributed by atoms with Gasteiger partial charge in [0, 0.05) is 25.6 Å². The first-order valence-electron chi connectivity index (χ1n) is 7.97. The van der Waals surface area contributed by atoms with E-state index in [1.807, 2.05) is 0 Å². The lowest BCUT2D eigenvalue weighted by atomic mass is 9.85. The summed E-state index contributed by atoms with van der Waals surface area (Å²) in [4.78, 5) is 22.3. The number of carbonyl (C=O) groups is 1. The number of hydrogen-bond donors (Lipinski definition) is 3. The molecule has 7 heteroatoms. The van der Waals surface area contributed by atoms with Crippen molar-refractivity contribution >= 4 is 17.3 Å². The molecule has 1 aromatic rings. The largest absolute Gasteiger partial charge is 0.388 e. The van der Waals surface area contributed by atoms with Gasteiger partial charge in [0.05, 0.1) is 10.5 Å². The molecule has 0 radical (unpaired) electrons. The summed E-state index contributed by atoms with van der Waals surface area (Å²) in [5.74, 6) is -0.171. The molecule has 1 aliphatic carbocycles. The molecule has 0 heterocycles. The van der Waals surface area contributed by atoms with Crippen LogP contribution in [-0.2, 0) is 4.79 Å². The van der Waals surface area contributed by atoms with Gasteiger partial charge in [0.15, 0.2) is 0 Å². The first-order chi connectivity index (χ1) is 11.0. The van der Waals surface area contributed by atoms with Crippen LogP contribution < -0.4 is 10.6 Å². The summed E-state index contributed by atoms with van der Waals surface area (Å²) in [6, 6.07) is 6.33. The molecule has 0 saturated heterocycles. The van der Waals surface area contributed by atoms with Gasteiger partial charge in [-0.2, -0.15) is 0 Å². The van der Waals surface area contributed by atoms with Crippen LogP contribution in [0.2, 0.25) is 0 Å². The SMILES string of the molecule is O=C(CCNc1ccccc1[N+](=O)[O-])NCC1(O)CCCCC1. The fourth-order valence-electron chi connectivity index (χ4n) is 2.83. The van der Waals surface area contributed by atoms with Crippen LogP contribution in [0.4, 0.5) is 11.4 Å². The monoisotopic (exact) mass is 321 g/mol. The molecule has 1 aliphatic rings. The first kappa shape index (κ1) is 17.2. The Hall–Kier alpha value is -2.15. The number of nitrogens with one attached hydrogen (secondary N) is 2. The van der Waals surface area contributed by atoms with Crippen LogP contribution in [-0.4, -0.2) is 34.6 Å². The highest BCUT2D eigenvalue weighted by Crippen LogP contribution is 2.27. The maximum atomic E-state index is 11.8. The number of anilines is 1. The minimum absolute atomic E-state index is 0.00979. The summed E-state index contributed by atoms with van der Waals surface area (Å²) in [6.45, 7) is 0.576. The fraction of sp³-hybridized carbons (Fsp3) is 0.562. The summed E-state index contributed by atoms with van der Waals surface area (Å²) in [7, 11) is 0. The molecule has 0 atom stereocenters. The second-order valence-electron chi connectivity index (χ2n) is 6.01. The topological polar surface area (TPSA) is 104 Å². The number of hydrogen-bond acceptors (Lipinski definition) is 5. The van der Waals surface area contributed by atoms with Gasteiger partial charge in [-0.3, -0.25) is 14.9 Å². The summed E-state index contributed by atoms with van der Waals surface area (Å²) >= 11 is 0. The van der Waals surface area contributed by atoms with Gasteiger partial charge < -0.3 is 15.7 Å². The van der Waals surface area contributed by atoms with Gasteiger partial charge in [-0.25, -0.2) is 0 Å². The van der Waals surface area contributed by atoms with E-state index >= 15 is 0 Å². The predicted molar refractivity (Wildman–Crippen MR) is 87.2 cm³/mol. The van der Waals surface area contributed by atoms with Crippen LogP contribution in [0, 0.1) is 10.1 Å². The normalized spacial score (nSPS) is 16.6. The number of aliphatic hydroxyl groups is 1. The molecule has 1 saturated carbocycles. The van der Waals surface area contributed by atoms with Gasteiger partial charge in [0.1, 0.15) is 5.69 Å². The van der Waals surface area contributed by atoms with Crippen LogP contribution in [0.3, 0.4) is 0 Å². The minimum Gasteiger partial charge on any atom is -0.388 e. The van der Waals surface area contributed by atoms with Gasteiger partial charge >= 0.3 is 0 Å². The van der Waals surface area contributed by atoms with E-state index in [-0.39, 0.29) is 24.6 Å². The minimum atomic E-state index is -0.778. The zero-order valence-electron chi connectivity index (χ0n) is 13.1. The molecule has 0 bridgehead atoms. The van der Waals surface area contributed by atoms with E-state index in [0.717, 1.165) is 32.1 Å². The third-order valence-corrected chi connectivity index (χ3v) is 4.17. The Bertz CT molecular complexity index is 556. The van der Waals surface area contributed by atoms with Gasteiger partial charge in [0.2, 0.25) is 5.91 Å². The lowest BCUT2D eigenvalue weighted by Crippen LogP contribution is -2.44. The first-order valence-corrected chi connectivity index (χ1v) is 7.97. The number of para-hydroxylation sites is 2. The summed E-state index contributed by atoms with van der Waals surface area (Å²) in [5, 5.41) is 26.9. The number of benzene rings is 1. The number of nitro benzene ring substituents is 1. The summed E-state index contributed by atoms with van der Waals surface area (Å²) in [6.07, 6.45) is 4.76. The zero-order chi connectivity index (χ0) is 16.7. The van der Waals surface area contributed by atoms with Crippen molar-refractivity contribution in [1.29, 1.82) is 0 Å². The molecule has 1 fully saturated rings. The van der Waals surface area contributed by atoms with Crippen molar-refractivity contribution in [3.8, 4) is 0 Å². The molecule has 23 heavy (non-hydrogen) atoms. The van der Waals surface area contributed by atoms with Gasteiger partial charge in [0.25, 0.3) is 5.69 Å². The highest BCUT2D eigenvalue weighted by molar-refractivity contribution is 5.76. The van der Waals surface area contributed by atoms with Crippen LogP contribution in [0.25, 0.3) is 0 Å². The highest BCUT2D eigenvalue weighted by Gasteiger charge is 2.29. The van der Waals surface area contributed by atoms with Crippen molar-refractivity contribution in [2.75, 3.05) is 18.4 Å². The number of amides is 1. The molecule has 1 amide bonds. The molecule has 0 unspecified atom stereocenters. The molecule has 0 aromatic heterocycles. The van der Waals surface area contributed by atoms with Crippen molar-refractivity contribution in [2.24, 2.45) is 0 Å². The summed E-state index contributed by atoms with van der Waals surface area (Å²) < 4.78 is 0. The Balaban J connectivity index is 1.74. The van der Waals surface area contributed by atoms with Crippen molar-refractivity contribution < 1.29 is 14.8 Å². The molecule has 0 spiro atoms. The molecule has 7 nitrogen and oxygen atoms in total. The average Bonchev–Trinajstić information content (AvgIpc) is 2.54. The summed E-state index contributed by atoms with van der Waals surface area (Å²) in [5.41, 5.74) is -0.389. The zero-order valence-corrected chi connectivity index (χ0v) is 13.1. The molecular weight excluding hydrogens is 298 g/mol. The van der Waals surface area contributed by atoms with Crippen LogP contribution >= 0.6 is 0 Å². The van der Waals surface area contributed by atoms with E-state index in [1.54, 1.807) is 18.2 Å². The van der Waals surface area contributed by atoms with Crippen LogP contribution in [0.1, 0.15) is 38.5 Å². The molecular formula is C16H23N3O4. The quantitative estimate of drug-likeness (QED) is 0.527. The Labute approximate surface area is 135 Å². The number of nitro groups is 1. The smallest absolute Gasteiger partial charge is 0.292 e. The van der Waals surface area contributed by atoms with Crippen LogP contribution in [0.5, 0.6) is 0 Å². The van der Waals surface area contributed by atoms with E-state index < -0.39 is 10.5 Å². The number of rotatable bonds is 7. The molecule has 1 aromatic carbocycles. The maximum absolute atomic E-state index is 11.8. The van der Waals surface area contributed by atoms with Crippen molar-refractivity contribution in [1.82, 2.24) is 5.32 Å². The van der Waals surface area contributed by atoms with Crippen LogP contribution in [0.15, 0.2) is 24.3 Å². The maximum Gasteiger partial charge on any atom is 0.292 e. The van der Waals surface area contributed by atoms with E-state index in [2.05, 4.69) is 10.6 Å². The molecule has 3 N–H and O–H groups in total.